The smallest absolute Gasteiger partial charge is 0.316 e. The van der Waals surface area contributed by atoms with E-state index in [9.17, 15) is 4.79 Å². The van der Waals surface area contributed by atoms with Crippen LogP contribution in [-0.4, -0.2) is 38.1 Å². The summed E-state index contributed by atoms with van der Waals surface area (Å²) in [5, 5.41) is 9.64. The predicted molar refractivity (Wildman–Crippen MR) is 97.0 cm³/mol. The van der Waals surface area contributed by atoms with Gasteiger partial charge in [-0.05, 0) is 31.2 Å². The third-order valence-electron chi connectivity index (χ3n) is 3.29. The van der Waals surface area contributed by atoms with Crippen molar-refractivity contribution in [2.75, 3.05) is 12.4 Å². The maximum atomic E-state index is 11.7. The summed E-state index contributed by atoms with van der Waals surface area (Å²) in [6, 6.07) is 11.1. The highest BCUT2D eigenvalue weighted by Gasteiger charge is 2.19. The van der Waals surface area contributed by atoms with Crippen molar-refractivity contribution in [2.45, 2.75) is 12.1 Å². The van der Waals surface area contributed by atoms with E-state index in [1.54, 1.807) is 25.4 Å². The Hall–Kier alpha value is -2.38. The average molecular weight is 375 g/mol. The van der Waals surface area contributed by atoms with Gasteiger partial charge in [0.05, 0.1) is 23.1 Å². The van der Waals surface area contributed by atoms with Crippen molar-refractivity contribution >= 4 is 29.3 Å². The van der Waals surface area contributed by atoms with Gasteiger partial charge in [-0.3, -0.25) is 14.3 Å². The van der Waals surface area contributed by atoms with E-state index in [-0.39, 0.29) is 11.7 Å². The Morgan fingerprint density at radius 2 is 1.96 bits per heavy atom. The highest BCUT2D eigenvalue weighted by Crippen LogP contribution is 2.31. The number of carbonyl (C=O) groups excluding carboxylic acids is 1. The quantitative estimate of drug-likeness (QED) is 0.484. The fraction of sp³-hybridized carbons (Fsp3) is 0.176. The Kier molecular flexibility index (Phi) is 5.67. The SMILES string of the molecule is CCOC(=O)CSc1nnc(-c2ccncc2)n1-c1ccccc1Cl. The number of para-hydroxylation sites is 1. The van der Waals surface area contributed by atoms with Crippen LogP contribution in [0, 0.1) is 0 Å². The van der Waals surface area contributed by atoms with Crippen LogP contribution in [0.2, 0.25) is 5.02 Å². The maximum Gasteiger partial charge on any atom is 0.316 e. The van der Waals surface area contributed by atoms with Crippen molar-refractivity contribution < 1.29 is 9.53 Å². The molecule has 3 rings (SSSR count). The van der Waals surface area contributed by atoms with Crippen LogP contribution >= 0.6 is 23.4 Å². The molecule has 0 spiro atoms. The third-order valence-corrected chi connectivity index (χ3v) is 4.51. The van der Waals surface area contributed by atoms with Crippen molar-refractivity contribution in [2.24, 2.45) is 0 Å². The van der Waals surface area contributed by atoms with Gasteiger partial charge in [0.2, 0.25) is 0 Å². The zero-order chi connectivity index (χ0) is 17.6. The standard InChI is InChI=1S/C17H15ClN4O2S/c1-2-24-15(23)11-25-17-21-20-16(12-7-9-19-10-8-12)22(17)14-6-4-3-5-13(14)18/h3-10H,2,11H2,1H3. The number of halogens is 1. The molecular weight excluding hydrogens is 360 g/mol. The molecule has 0 bridgehead atoms. The lowest BCUT2D eigenvalue weighted by molar-refractivity contribution is -0.139. The minimum atomic E-state index is -0.299. The van der Waals surface area contributed by atoms with Crippen LogP contribution in [0.1, 0.15) is 6.92 Å². The molecule has 2 heterocycles. The minimum Gasteiger partial charge on any atom is -0.465 e. The van der Waals surface area contributed by atoms with Gasteiger partial charge in [0.25, 0.3) is 0 Å². The molecule has 1 aromatic carbocycles. The van der Waals surface area contributed by atoms with Crippen LogP contribution in [0.3, 0.4) is 0 Å². The maximum absolute atomic E-state index is 11.7. The molecule has 0 saturated carbocycles. The number of ether oxygens (including phenoxy) is 1. The lowest BCUT2D eigenvalue weighted by Crippen LogP contribution is -2.08. The van der Waals surface area contributed by atoms with Gasteiger partial charge in [0, 0.05) is 18.0 Å². The molecule has 0 fully saturated rings. The molecule has 0 aliphatic rings. The summed E-state index contributed by atoms with van der Waals surface area (Å²) >= 11 is 7.62. The van der Waals surface area contributed by atoms with E-state index in [0.717, 1.165) is 11.3 Å². The summed E-state index contributed by atoms with van der Waals surface area (Å²) < 4.78 is 6.81. The van der Waals surface area contributed by atoms with E-state index in [0.29, 0.717) is 22.6 Å². The van der Waals surface area contributed by atoms with E-state index < -0.39 is 0 Å². The van der Waals surface area contributed by atoms with Gasteiger partial charge >= 0.3 is 5.97 Å². The van der Waals surface area contributed by atoms with Crippen molar-refractivity contribution in [3.05, 3.63) is 53.8 Å². The highest BCUT2D eigenvalue weighted by molar-refractivity contribution is 7.99. The summed E-state index contributed by atoms with van der Waals surface area (Å²) in [5.74, 6) is 0.473. The first-order chi connectivity index (χ1) is 12.2. The number of pyridine rings is 1. The molecule has 0 saturated heterocycles. The van der Waals surface area contributed by atoms with Gasteiger partial charge in [0.1, 0.15) is 0 Å². The van der Waals surface area contributed by atoms with Gasteiger partial charge in [-0.15, -0.1) is 10.2 Å². The zero-order valence-electron chi connectivity index (χ0n) is 13.4. The van der Waals surface area contributed by atoms with Crippen molar-refractivity contribution in [1.29, 1.82) is 0 Å². The molecule has 0 N–H and O–H groups in total. The molecule has 6 nitrogen and oxygen atoms in total. The number of nitrogens with zero attached hydrogens (tertiary/aromatic N) is 4. The molecule has 128 valence electrons. The molecule has 2 aromatic heterocycles. The summed E-state index contributed by atoms with van der Waals surface area (Å²) in [6.07, 6.45) is 3.37. The van der Waals surface area contributed by atoms with Gasteiger partial charge < -0.3 is 4.74 Å². The van der Waals surface area contributed by atoms with Crippen LogP contribution in [0.25, 0.3) is 17.1 Å². The molecule has 0 radical (unpaired) electrons. The Bertz CT molecular complexity index is 870. The Morgan fingerprint density at radius 3 is 2.68 bits per heavy atom. The lowest BCUT2D eigenvalue weighted by Gasteiger charge is -2.11. The summed E-state index contributed by atoms with van der Waals surface area (Å²) in [5.41, 5.74) is 1.60. The summed E-state index contributed by atoms with van der Waals surface area (Å²) in [7, 11) is 0. The van der Waals surface area contributed by atoms with Crippen molar-refractivity contribution in [1.82, 2.24) is 19.7 Å². The zero-order valence-corrected chi connectivity index (χ0v) is 15.0. The summed E-state index contributed by atoms with van der Waals surface area (Å²) in [6.45, 7) is 2.12. The first-order valence-electron chi connectivity index (χ1n) is 7.60. The Labute approximate surface area is 154 Å². The van der Waals surface area contributed by atoms with Crippen LogP contribution in [0.4, 0.5) is 0 Å². The summed E-state index contributed by atoms with van der Waals surface area (Å²) in [4.78, 5) is 15.7. The first-order valence-corrected chi connectivity index (χ1v) is 8.96. The third kappa shape index (κ3) is 4.00. The monoisotopic (exact) mass is 374 g/mol. The van der Waals surface area contributed by atoms with Crippen molar-refractivity contribution in [3.63, 3.8) is 0 Å². The Morgan fingerprint density at radius 1 is 1.20 bits per heavy atom. The predicted octanol–water partition coefficient (Wildman–Crippen LogP) is 3.64. The average Bonchev–Trinajstić information content (AvgIpc) is 3.05. The second-order valence-corrected chi connectivity index (χ2v) is 6.27. The molecule has 0 aliphatic carbocycles. The molecule has 0 unspecified atom stereocenters. The fourth-order valence-electron chi connectivity index (χ4n) is 2.23. The number of hydrogen-bond acceptors (Lipinski definition) is 6. The molecule has 25 heavy (non-hydrogen) atoms. The fourth-order valence-corrected chi connectivity index (χ4v) is 3.19. The number of aromatic nitrogens is 4. The molecule has 0 amide bonds. The van der Waals surface area contributed by atoms with Crippen LogP contribution < -0.4 is 0 Å². The number of esters is 1. The number of benzene rings is 1. The first kappa shape index (κ1) is 17.4. The van der Waals surface area contributed by atoms with Crippen LogP contribution in [0.15, 0.2) is 53.9 Å². The highest BCUT2D eigenvalue weighted by atomic mass is 35.5. The number of rotatable bonds is 6. The van der Waals surface area contributed by atoms with E-state index in [1.807, 2.05) is 34.9 Å². The van der Waals surface area contributed by atoms with Gasteiger partial charge in [-0.2, -0.15) is 0 Å². The molecule has 3 aromatic rings. The topological polar surface area (TPSA) is 69.9 Å². The molecule has 8 heteroatoms. The van der Waals surface area contributed by atoms with Crippen LogP contribution in [0.5, 0.6) is 0 Å². The Balaban J connectivity index is 2.03. The number of hydrogen-bond donors (Lipinski definition) is 0. The van der Waals surface area contributed by atoms with E-state index in [1.165, 1.54) is 11.8 Å². The minimum absolute atomic E-state index is 0.146. The van der Waals surface area contributed by atoms with E-state index in [2.05, 4.69) is 15.2 Å². The van der Waals surface area contributed by atoms with Gasteiger partial charge in [0.15, 0.2) is 11.0 Å². The second-order valence-electron chi connectivity index (χ2n) is 4.92. The molecular formula is C17H15ClN4O2S. The molecule has 0 aliphatic heterocycles. The van der Waals surface area contributed by atoms with Crippen molar-refractivity contribution in [3.8, 4) is 17.1 Å². The van der Waals surface area contributed by atoms with Gasteiger partial charge in [-0.1, -0.05) is 35.5 Å². The van der Waals surface area contributed by atoms with Gasteiger partial charge in [-0.25, -0.2) is 0 Å². The number of thioether (sulfide) groups is 1. The van der Waals surface area contributed by atoms with E-state index >= 15 is 0 Å². The van der Waals surface area contributed by atoms with E-state index in [4.69, 9.17) is 16.3 Å². The number of carbonyl (C=O) groups is 1. The molecule has 0 atom stereocenters. The van der Waals surface area contributed by atoms with Crippen LogP contribution in [-0.2, 0) is 9.53 Å². The second kappa shape index (κ2) is 8.13. The largest absolute Gasteiger partial charge is 0.465 e. The normalized spacial score (nSPS) is 10.6. The lowest BCUT2D eigenvalue weighted by atomic mass is 10.2.